The van der Waals surface area contributed by atoms with Gasteiger partial charge in [-0.25, -0.2) is 9.37 Å². The van der Waals surface area contributed by atoms with Gasteiger partial charge in [0.25, 0.3) is 0 Å². The van der Waals surface area contributed by atoms with Crippen LogP contribution in [0, 0.1) is 17.1 Å². The zero-order valence-corrected chi connectivity index (χ0v) is 14.4. The fraction of sp³-hybridized carbons (Fsp3) is 0.158. The van der Waals surface area contributed by atoms with Gasteiger partial charge in [0.1, 0.15) is 23.3 Å². The predicted molar refractivity (Wildman–Crippen MR) is 99.9 cm³/mol. The lowest BCUT2D eigenvalue weighted by Crippen LogP contribution is -2.09. The van der Waals surface area contributed by atoms with E-state index in [1.165, 1.54) is 12.1 Å². The van der Waals surface area contributed by atoms with Crippen LogP contribution in [0.3, 0.4) is 0 Å². The highest BCUT2D eigenvalue weighted by molar-refractivity contribution is 5.69. The largest absolute Gasteiger partial charge is 0.396 e. The summed E-state index contributed by atoms with van der Waals surface area (Å²) in [6, 6.07) is 11.6. The van der Waals surface area contributed by atoms with Crippen LogP contribution in [0.4, 0.5) is 21.8 Å². The van der Waals surface area contributed by atoms with E-state index in [0.29, 0.717) is 36.1 Å². The van der Waals surface area contributed by atoms with Crippen LogP contribution in [0.5, 0.6) is 0 Å². The minimum absolute atomic E-state index is 0.0508. The predicted octanol–water partition coefficient (Wildman–Crippen LogP) is 3.09. The molecule has 1 aromatic carbocycles. The van der Waals surface area contributed by atoms with E-state index in [2.05, 4.69) is 25.6 Å². The number of hydrogen-bond donors (Lipinski definition) is 3. The van der Waals surface area contributed by atoms with Crippen LogP contribution in [-0.4, -0.2) is 33.2 Å². The summed E-state index contributed by atoms with van der Waals surface area (Å²) in [6.45, 7) is 0.547. The van der Waals surface area contributed by atoms with E-state index in [9.17, 15) is 9.65 Å². The van der Waals surface area contributed by atoms with Gasteiger partial charge in [0.2, 0.25) is 5.95 Å². The molecule has 3 rings (SSSR count). The number of rotatable bonds is 7. The Morgan fingerprint density at radius 2 is 2.07 bits per heavy atom. The zero-order valence-electron chi connectivity index (χ0n) is 14.4. The average molecular weight is 364 g/mol. The third-order valence-corrected chi connectivity index (χ3v) is 3.69. The summed E-state index contributed by atoms with van der Waals surface area (Å²) in [6.07, 6.45) is 3.88. The highest BCUT2D eigenvalue weighted by Crippen LogP contribution is 2.25. The van der Waals surface area contributed by atoms with Gasteiger partial charge in [-0.3, -0.25) is 4.98 Å². The molecule has 136 valence electrons. The molecule has 7 nitrogen and oxygen atoms in total. The maximum Gasteiger partial charge on any atom is 0.225 e. The quantitative estimate of drug-likeness (QED) is 0.553. The topological polar surface area (TPSA) is 107 Å². The lowest BCUT2D eigenvalue weighted by molar-refractivity contribution is 0.292. The molecule has 27 heavy (non-hydrogen) atoms. The summed E-state index contributed by atoms with van der Waals surface area (Å²) in [5.41, 5.74) is 1.62. The van der Waals surface area contributed by atoms with Gasteiger partial charge in [-0.2, -0.15) is 10.2 Å². The number of aliphatic hydroxyl groups is 1. The Hall–Kier alpha value is -3.57. The maximum absolute atomic E-state index is 13.8. The summed E-state index contributed by atoms with van der Waals surface area (Å²) in [7, 11) is 0. The fourth-order valence-electron chi connectivity index (χ4n) is 2.41. The van der Waals surface area contributed by atoms with Gasteiger partial charge in [0.15, 0.2) is 0 Å². The molecule has 0 bridgehead atoms. The van der Waals surface area contributed by atoms with E-state index >= 15 is 0 Å². The van der Waals surface area contributed by atoms with Crippen LogP contribution in [0.1, 0.15) is 12.0 Å². The first-order valence-electron chi connectivity index (χ1n) is 8.31. The molecule has 0 aliphatic heterocycles. The first-order chi connectivity index (χ1) is 13.2. The van der Waals surface area contributed by atoms with Crippen molar-refractivity contribution >= 4 is 17.5 Å². The molecular weight excluding hydrogens is 347 g/mol. The second kappa shape index (κ2) is 8.69. The Kier molecular flexibility index (Phi) is 5.87. The SMILES string of the molecule is N#Cc1c(F)cccc1Nc1cc(-c2cccnc2)nc(NCCCO)n1. The van der Waals surface area contributed by atoms with E-state index in [4.69, 9.17) is 5.11 Å². The summed E-state index contributed by atoms with van der Waals surface area (Å²) in [5, 5.41) is 24.2. The summed E-state index contributed by atoms with van der Waals surface area (Å²) < 4.78 is 13.8. The molecule has 3 aromatic rings. The number of aromatic nitrogens is 3. The summed E-state index contributed by atoms with van der Waals surface area (Å²) in [4.78, 5) is 12.9. The minimum atomic E-state index is -0.606. The normalized spacial score (nSPS) is 10.3. The summed E-state index contributed by atoms with van der Waals surface area (Å²) in [5.74, 6) is 0.144. The number of aliphatic hydroxyl groups excluding tert-OH is 1. The zero-order chi connectivity index (χ0) is 19.1. The number of nitriles is 1. The maximum atomic E-state index is 13.8. The lowest BCUT2D eigenvalue weighted by atomic mass is 10.1. The first-order valence-corrected chi connectivity index (χ1v) is 8.31. The van der Waals surface area contributed by atoms with Crippen LogP contribution in [-0.2, 0) is 0 Å². The van der Waals surface area contributed by atoms with Gasteiger partial charge >= 0.3 is 0 Å². The Morgan fingerprint density at radius 3 is 2.81 bits per heavy atom. The van der Waals surface area contributed by atoms with Crippen molar-refractivity contribution in [2.45, 2.75) is 6.42 Å². The van der Waals surface area contributed by atoms with Crippen LogP contribution < -0.4 is 10.6 Å². The minimum Gasteiger partial charge on any atom is -0.396 e. The average Bonchev–Trinajstić information content (AvgIpc) is 2.69. The van der Waals surface area contributed by atoms with Gasteiger partial charge in [-0.1, -0.05) is 6.07 Å². The number of anilines is 3. The number of nitrogens with zero attached hydrogens (tertiary/aromatic N) is 4. The van der Waals surface area contributed by atoms with E-state index in [0.717, 1.165) is 5.56 Å². The Morgan fingerprint density at radius 1 is 1.19 bits per heavy atom. The van der Waals surface area contributed by atoms with E-state index in [-0.39, 0.29) is 12.2 Å². The smallest absolute Gasteiger partial charge is 0.225 e. The van der Waals surface area contributed by atoms with Gasteiger partial charge in [0.05, 0.1) is 11.4 Å². The van der Waals surface area contributed by atoms with Crippen molar-refractivity contribution in [3.63, 3.8) is 0 Å². The van der Waals surface area contributed by atoms with E-state index in [1.807, 2.05) is 12.1 Å². The number of hydrogen-bond acceptors (Lipinski definition) is 7. The third-order valence-electron chi connectivity index (χ3n) is 3.69. The number of nitrogens with one attached hydrogen (secondary N) is 2. The van der Waals surface area contributed by atoms with Gasteiger partial charge in [0, 0.05) is 37.2 Å². The molecule has 0 radical (unpaired) electrons. The molecule has 0 spiro atoms. The molecule has 8 heteroatoms. The molecule has 0 unspecified atom stereocenters. The van der Waals surface area contributed by atoms with Crippen molar-refractivity contribution in [3.8, 4) is 17.3 Å². The first kappa shape index (κ1) is 18.2. The summed E-state index contributed by atoms with van der Waals surface area (Å²) >= 11 is 0. The molecule has 0 aliphatic carbocycles. The number of benzene rings is 1. The molecule has 2 heterocycles. The monoisotopic (exact) mass is 364 g/mol. The molecule has 0 fully saturated rings. The van der Waals surface area contributed by atoms with Gasteiger partial charge in [-0.15, -0.1) is 0 Å². The molecule has 0 saturated carbocycles. The van der Waals surface area contributed by atoms with Crippen molar-refractivity contribution in [3.05, 3.63) is 60.2 Å². The Balaban J connectivity index is 1.98. The van der Waals surface area contributed by atoms with Crippen molar-refractivity contribution in [2.24, 2.45) is 0 Å². The number of pyridine rings is 1. The van der Waals surface area contributed by atoms with Crippen LogP contribution in [0.2, 0.25) is 0 Å². The van der Waals surface area contributed by atoms with Crippen LogP contribution >= 0.6 is 0 Å². The van der Waals surface area contributed by atoms with Crippen molar-refractivity contribution in [2.75, 3.05) is 23.8 Å². The van der Waals surface area contributed by atoms with Crippen molar-refractivity contribution in [1.29, 1.82) is 5.26 Å². The van der Waals surface area contributed by atoms with Crippen molar-refractivity contribution < 1.29 is 9.50 Å². The fourth-order valence-corrected chi connectivity index (χ4v) is 2.41. The number of halogens is 1. The molecule has 0 aliphatic rings. The molecular formula is C19H17FN6O. The Bertz CT molecular complexity index is 958. The third kappa shape index (κ3) is 4.54. The molecule has 0 atom stereocenters. The van der Waals surface area contributed by atoms with Gasteiger partial charge in [-0.05, 0) is 30.7 Å². The van der Waals surface area contributed by atoms with Gasteiger partial charge < -0.3 is 15.7 Å². The molecule has 0 amide bonds. The van der Waals surface area contributed by atoms with Crippen LogP contribution in [0.25, 0.3) is 11.3 Å². The molecule has 0 saturated heterocycles. The van der Waals surface area contributed by atoms with E-state index < -0.39 is 5.82 Å². The highest BCUT2D eigenvalue weighted by Gasteiger charge is 2.11. The second-order valence-electron chi connectivity index (χ2n) is 5.61. The van der Waals surface area contributed by atoms with Crippen LogP contribution in [0.15, 0.2) is 48.8 Å². The second-order valence-corrected chi connectivity index (χ2v) is 5.61. The van der Waals surface area contributed by atoms with E-state index in [1.54, 1.807) is 30.6 Å². The standard InChI is InChI=1S/C19H17FN6O/c20-15-5-1-6-16(14(15)11-21)24-18-10-17(13-4-2-7-22-12-13)25-19(26-18)23-8-3-9-27/h1-2,4-7,10,12,27H,3,8-9H2,(H2,23,24,25,26). The molecule has 2 aromatic heterocycles. The molecule has 3 N–H and O–H groups in total. The highest BCUT2D eigenvalue weighted by atomic mass is 19.1. The van der Waals surface area contributed by atoms with Crippen molar-refractivity contribution in [1.82, 2.24) is 15.0 Å². The lowest BCUT2D eigenvalue weighted by Gasteiger charge is -2.12. The Labute approximate surface area is 155 Å².